The zero-order valence-electron chi connectivity index (χ0n) is 12.2. The van der Waals surface area contributed by atoms with E-state index in [1.165, 1.54) is 0 Å². The number of nitrogens with zero attached hydrogens (tertiary/aromatic N) is 1. The molecular formula is C15H23NO4. The molecule has 0 aromatic carbocycles. The summed E-state index contributed by atoms with van der Waals surface area (Å²) in [6.45, 7) is 0. The fourth-order valence-corrected chi connectivity index (χ4v) is 4.14. The van der Waals surface area contributed by atoms with E-state index in [0.717, 1.165) is 32.1 Å². The fraction of sp³-hybridized carbons (Fsp3) is 0.933. The Labute approximate surface area is 120 Å². The van der Waals surface area contributed by atoms with Gasteiger partial charge >= 0.3 is 0 Å². The third kappa shape index (κ3) is 2.25. The molecule has 1 saturated carbocycles. The molecule has 0 N–H and O–H groups in total. The normalized spacial score (nSPS) is 46.8. The van der Waals surface area contributed by atoms with E-state index in [-0.39, 0.29) is 36.1 Å². The molecule has 3 aliphatic rings. The predicted molar refractivity (Wildman–Crippen MR) is 71.2 cm³/mol. The van der Waals surface area contributed by atoms with Crippen LogP contribution in [0.1, 0.15) is 38.5 Å². The summed E-state index contributed by atoms with van der Waals surface area (Å²) in [7, 11) is 3.44. The van der Waals surface area contributed by atoms with Gasteiger partial charge in [-0.3, -0.25) is 0 Å². The fourth-order valence-electron chi connectivity index (χ4n) is 4.14. The van der Waals surface area contributed by atoms with Gasteiger partial charge in [0.1, 0.15) is 6.10 Å². The van der Waals surface area contributed by atoms with Crippen LogP contribution in [0.15, 0.2) is 0 Å². The highest BCUT2D eigenvalue weighted by Crippen LogP contribution is 2.50. The van der Waals surface area contributed by atoms with E-state index in [1.54, 1.807) is 14.2 Å². The van der Waals surface area contributed by atoms with Gasteiger partial charge in [-0.2, -0.15) is 5.26 Å². The minimum atomic E-state index is -0.223. The molecule has 6 atom stereocenters. The Morgan fingerprint density at radius 3 is 2.80 bits per heavy atom. The van der Waals surface area contributed by atoms with E-state index in [9.17, 15) is 0 Å². The van der Waals surface area contributed by atoms with Gasteiger partial charge in [0.15, 0.2) is 0 Å². The first-order valence-electron chi connectivity index (χ1n) is 7.48. The second-order valence-electron chi connectivity index (χ2n) is 6.12. The van der Waals surface area contributed by atoms with Crippen LogP contribution in [0.3, 0.4) is 0 Å². The lowest BCUT2D eigenvalue weighted by Gasteiger charge is -2.45. The molecule has 2 aliphatic heterocycles. The molecule has 0 radical (unpaired) electrons. The lowest BCUT2D eigenvalue weighted by atomic mass is 9.76. The van der Waals surface area contributed by atoms with Crippen molar-refractivity contribution >= 4 is 0 Å². The van der Waals surface area contributed by atoms with Crippen LogP contribution >= 0.6 is 0 Å². The van der Waals surface area contributed by atoms with Gasteiger partial charge in [0.25, 0.3) is 0 Å². The van der Waals surface area contributed by atoms with Gasteiger partial charge in [0.05, 0.1) is 36.1 Å². The number of hydrogen-bond acceptors (Lipinski definition) is 5. The molecule has 2 saturated heterocycles. The summed E-state index contributed by atoms with van der Waals surface area (Å²) in [4.78, 5) is 0. The lowest BCUT2D eigenvalue weighted by molar-refractivity contribution is -0.182. The molecule has 0 aromatic heterocycles. The summed E-state index contributed by atoms with van der Waals surface area (Å²) >= 11 is 0. The lowest BCUT2D eigenvalue weighted by Crippen LogP contribution is -2.55. The van der Waals surface area contributed by atoms with Crippen LogP contribution in [-0.4, -0.2) is 50.3 Å². The Morgan fingerprint density at radius 1 is 1.25 bits per heavy atom. The maximum atomic E-state index is 8.74. The molecule has 0 amide bonds. The summed E-state index contributed by atoms with van der Waals surface area (Å²) in [5.41, 5.74) is -0.223. The van der Waals surface area contributed by atoms with Crippen LogP contribution in [0.5, 0.6) is 0 Å². The van der Waals surface area contributed by atoms with E-state index >= 15 is 0 Å². The number of hydrogen-bond donors (Lipinski definition) is 0. The monoisotopic (exact) mass is 281 g/mol. The summed E-state index contributed by atoms with van der Waals surface area (Å²) in [6.07, 6.45) is 5.52. The van der Waals surface area contributed by atoms with Crippen LogP contribution in [-0.2, 0) is 18.9 Å². The van der Waals surface area contributed by atoms with Gasteiger partial charge in [-0.25, -0.2) is 0 Å². The van der Waals surface area contributed by atoms with E-state index in [0.29, 0.717) is 6.42 Å². The summed E-state index contributed by atoms with van der Waals surface area (Å²) in [5, 5.41) is 8.74. The quantitative estimate of drug-likeness (QED) is 0.786. The smallest absolute Gasteiger partial charge is 0.110 e. The van der Waals surface area contributed by atoms with Crippen molar-refractivity contribution in [1.82, 2.24) is 0 Å². The maximum absolute atomic E-state index is 8.74. The highest BCUT2D eigenvalue weighted by Gasteiger charge is 2.60. The first kappa shape index (κ1) is 14.3. The molecule has 0 aromatic rings. The van der Waals surface area contributed by atoms with Gasteiger partial charge in [0, 0.05) is 33.5 Å². The number of fused-ring (bicyclic) bond motifs is 1. The summed E-state index contributed by atoms with van der Waals surface area (Å²) in [6, 6.07) is 2.21. The van der Waals surface area contributed by atoms with Crippen LogP contribution in [0.2, 0.25) is 0 Å². The Hall–Kier alpha value is -0.670. The second kappa shape index (κ2) is 5.61. The topological polar surface area (TPSA) is 60.7 Å². The molecular weight excluding hydrogens is 258 g/mol. The SMILES string of the molecule is CO[C@@H]1[C@H](OC)CC23C[C@H]1OC2CCC(CCC#N)O3. The number of ether oxygens (including phenoxy) is 4. The standard InChI is InChI=1S/C15H23NO4/c1-17-11-8-15-9-12(14(11)18-2)19-13(15)6-5-10(20-15)4-3-7-16/h10-14H,3-6,8-9H2,1-2H3/t10?,11-,12-,13?,14-,15?/m1/s1. The van der Waals surface area contributed by atoms with Crippen LogP contribution in [0.4, 0.5) is 0 Å². The zero-order chi connectivity index (χ0) is 14.2. The molecule has 1 spiro atoms. The highest BCUT2D eigenvalue weighted by atomic mass is 16.6. The first-order chi connectivity index (χ1) is 9.72. The number of methoxy groups -OCH3 is 2. The van der Waals surface area contributed by atoms with Crippen LogP contribution in [0, 0.1) is 11.3 Å². The van der Waals surface area contributed by atoms with Crippen molar-refractivity contribution in [2.45, 2.75) is 74.6 Å². The van der Waals surface area contributed by atoms with Crippen molar-refractivity contribution in [2.75, 3.05) is 14.2 Å². The summed E-state index contributed by atoms with van der Waals surface area (Å²) in [5.74, 6) is 0. The van der Waals surface area contributed by atoms with Crippen LogP contribution < -0.4 is 0 Å². The predicted octanol–water partition coefficient (Wildman–Crippen LogP) is 1.80. The summed E-state index contributed by atoms with van der Waals surface area (Å²) < 4.78 is 23.7. The Morgan fingerprint density at radius 2 is 2.10 bits per heavy atom. The molecule has 3 rings (SSSR count). The van der Waals surface area contributed by atoms with Crippen LogP contribution in [0.25, 0.3) is 0 Å². The molecule has 3 unspecified atom stereocenters. The molecule has 2 heterocycles. The molecule has 5 nitrogen and oxygen atoms in total. The minimum Gasteiger partial charge on any atom is -0.379 e. The molecule has 2 bridgehead atoms. The van der Waals surface area contributed by atoms with E-state index < -0.39 is 0 Å². The largest absolute Gasteiger partial charge is 0.379 e. The maximum Gasteiger partial charge on any atom is 0.110 e. The Balaban J connectivity index is 1.75. The van der Waals surface area contributed by atoms with Gasteiger partial charge in [0.2, 0.25) is 0 Å². The van der Waals surface area contributed by atoms with Crippen molar-refractivity contribution in [2.24, 2.45) is 0 Å². The average molecular weight is 281 g/mol. The van der Waals surface area contributed by atoms with E-state index in [1.807, 2.05) is 0 Å². The molecule has 3 fully saturated rings. The minimum absolute atomic E-state index is 0.00242. The van der Waals surface area contributed by atoms with E-state index in [4.69, 9.17) is 24.2 Å². The first-order valence-corrected chi connectivity index (χ1v) is 7.48. The average Bonchev–Trinajstić information content (AvgIpc) is 2.77. The zero-order valence-corrected chi connectivity index (χ0v) is 12.2. The Kier molecular flexibility index (Phi) is 4.00. The molecule has 1 aliphatic carbocycles. The van der Waals surface area contributed by atoms with E-state index in [2.05, 4.69) is 6.07 Å². The van der Waals surface area contributed by atoms with Gasteiger partial charge in [-0.05, 0) is 19.3 Å². The van der Waals surface area contributed by atoms with Crippen molar-refractivity contribution in [3.63, 3.8) is 0 Å². The number of rotatable bonds is 4. The van der Waals surface area contributed by atoms with Crippen molar-refractivity contribution < 1.29 is 18.9 Å². The van der Waals surface area contributed by atoms with Crippen molar-refractivity contribution in [1.29, 1.82) is 5.26 Å². The van der Waals surface area contributed by atoms with Gasteiger partial charge in [-0.1, -0.05) is 0 Å². The van der Waals surface area contributed by atoms with Gasteiger partial charge < -0.3 is 18.9 Å². The Bertz CT molecular complexity index is 396. The third-order valence-corrected chi connectivity index (χ3v) is 5.06. The van der Waals surface area contributed by atoms with Crippen molar-refractivity contribution in [3.05, 3.63) is 0 Å². The molecule has 112 valence electrons. The van der Waals surface area contributed by atoms with Crippen molar-refractivity contribution in [3.8, 4) is 6.07 Å². The third-order valence-electron chi connectivity index (χ3n) is 5.06. The molecule has 20 heavy (non-hydrogen) atoms. The molecule has 5 heteroatoms. The highest BCUT2D eigenvalue weighted by molar-refractivity contribution is 5.10. The number of nitriles is 1. The second-order valence-corrected chi connectivity index (χ2v) is 6.12. The van der Waals surface area contributed by atoms with Gasteiger partial charge in [-0.15, -0.1) is 0 Å².